The van der Waals surface area contributed by atoms with Crippen LogP contribution in [0.25, 0.3) is 16.5 Å². The number of benzene rings is 1. The summed E-state index contributed by atoms with van der Waals surface area (Å²) in [6.07, 6.45) is 0. The molecule has 4 aromatic rings. The van der Waals surface area contributed by atoms with Crippen molar-refractivity contribution < 1.29 is 18.7 Å². The lowest BCUT2D eigenvalue weighted by Crippen LogP contribution is -2.05. The molecule has 3 aromatic heterocycles. The molecule has 4 heterocycles. The molecule has 0 saturated heterocycles. The Morgan fingerprint density at radius 3 is 2.87 bits per heavy atom. The van der Waals surface area contributed by atoms with Gasteiger partial charge in [0.2, 0.25) is 6.79 Å². The third-order valence-electron chi connectivity index (χ3n) is 4.81. The van der Waals surface area contributed by atoms with E-state index in [0.717, 1.165) is 27.7 Å². The number of ketones is 1. The number of ether oxygens (including phenoxy) is 2. The third kappa shape index (κ3) is 3.40. The van der Waals surface area contributed by atoms with Crippen molar-refractivity contribution >= 4 is 28.9 Å². The summed E-state index contributed by atoms with van der Waals surface area (Å²) in [6.45, 7) is 4.15. The largest absolute Gasteiger partial charge is 0.454 e. The van der Waals surface area contributed by atoms with E-state index < -0.39 is 0 Å². The van der Waals surface area contributed by atoms with E-state index >= 15 is 0 Å². The molecule has 30 heavy (non-hydrogen) atoms. The number of Topliss-reactive ketones (excluding diaryl/α,β-unsaturated/α-hetero) is 1. The average Bonchev–Trinajstić information content (AvgIpc) is 3.52. The molecule has 9 heteroatoms. The van der Waals surface area contributed by atoms with Crippen molar-refractivity contribution in [3.8, 4) is 28.0 Å². The number of aromatic nitrogens is 3. The Kier molecular flexibility index (Phi) is 4.84. The molecule has 0 N–H and O–H groups in total. The molecule has 0 fully saturated rings. The molecular formula is C21H17N3O4S2. The van der Waals surface area contributed by atoms with Crippen LogP contribution in [-0.4, -0.2) is 33.1 Å². The van der Waals surface area contributed by atoms with Crippen LogP contribution in [-0.2, 0) is 0 Å². The number of hydrogen-bond acceptors (Lipinski definition) is 8. The highest BCUT2D eigenvalue weighted by molar-refractivity contribution is 7.99. The highest BCUT2D eigenvalue weighted by Gasteiger charge is 2.20. The Morgan fingerprint density at radius 2 is 2.03 bits per heavy atom. The van der Waals surface area contributed by atoms with Crippen LogP contribution in [0.3, 0.4) is 0 Å². The molecule has 0 saturated carbocycles. The number of fused-ring (bicyclic) bond motifs is 1. The zero-order valence-corrected chi connectivity index (χ0v) is 17.9. The molecule has 0 bridgehead atoms. The van der Waals surface area contributed by atoms with E-state index in [9.17, 15) is 4.79 Å². The Morgan fingerprint density at radius 1 is 1.17 bits per heavy atom. The van der Waals surface area contributed by atoms with Crippen LogP contribution < -0.4 is 9.47 Å². The molecule has 1 aromatic carbocycles. The third-order valence-corrected chi connectivity index (χ3v) is 6.49. The lowest BCUT2D eigenvalue weighted by atomic mass is 10.2. The van der Waals surface area contributed by atoms with E-state index in [1.54, 1.807) is 0 Å². The predicted molar refractivity (Wildman–Crippen MR) is 114 cm³/mol. The summed E-state index contributed by atoms with van der Waals surface area (Å²) in [6, 6.07) is 11.5. The minimum atomic E-state index is 0.0102. The van der Waals surface area contributed by atoms with Gasteiger partial charge in [-0.2, -0.15) is 0 Å². The van der Waals surface area contributed by atoms with Crippen LogP contribution in [0.4, 0.5) is 0 Å². The van der Waals surface area contributed by atoms with E-state index in [4.69, 9.17) is 13.9 Å². The molecular weight excluding hydrogens is 422 g/mol. The van der Waals surface area contributed by atoms with Crippen LogP contribution in [0.5, 0.6) is 11.5 Å². The van der Waals surface area contributed by atoms with Gasteiger partial charge in [0.15, 0.2) is 17.3 Å². The summed E-state index contributed by atoms with van der Waals surface area (Å²) in [7, 11) is 0. The van der Waals surface area contributed by atoms with Crippen molar-refractivity contribution in [2.24, 2.45) is 0 Å². The molecule has 7 nitrogen and oxygen atoms in total. The van der Waals surface area contributed by atoms with Crippen LogP contribution in [0.15, 0.2) is 51.4 Å². The lowest BCUT2D eigenvalue weighted by Gasteiger charge is -2.10. The predicted octanol–water partition coefficient (Wildman–Crippen LogP) is 4.91. The molecule has 0 atom stereocenters. The van der Waals surface area contributed by atoms with Crippen LogP contribution in [0.1, 0.15) is 21.7 Å². The van der Waals surface area contributed by atoms with E-state index in [1.807, 2.05) is 60.2 Å². The first kappa shape index (κ1) is 19.0. The lowest BCUT2D eigenvalue weighted by molar-refractivity contribution is 0.102. The van der Waals surface area contributed by atoms with Crippen LogP contribution >= 0.6 is 23.1 Å². The van der Waals surface area contributed by atoms with Crippen molar-refractivity contribution in [1.82, 2.24) is 14.8 Å². The second kappa shape index (κ2) is 7.66. The standard InChI is InChI=1S/C21H17N3O4S2/c1-12-8-15(13(2)24(12)14-5-6-17-18(9-14)27-11-26-17)16(25)10-30-21-23-22-20(28-21)19-4-3-7-29-19/h3-9H,10-11H2,1-2H3. The topological polar surface area (TPSA) is 79.4 Å². The summed E-state index contributed by atoms with van der Waals surface area (Å²) < 4.78 is 18.6. The SMILES string of the molecule is Cc1cc(C(=O)CSc2nnc(-c3cccs3)o2)c(C)n1-c1ccc2c(c1)OCO2. The van der Waals surface area contributed by atoms with Crippen molar-refractivity contribution in [3.63, 3.8) is 0 Å². The second-order valence-corrected chi connectivity index (χ2v) is 8.59. The number of carbonyl (C=O) groups is 1. The van der Waals surface area contributed by atoms with Crippen molar-refractivity contribution in [3.05, 3.63) is 58.7 Å². The van der Waals surface area contributed by atoms with Gasteiger partial charge in [0.25, 0.3) is 11.1 Å². The number of thioether (sulfide) groups is 1. The van der Waals surface area contributed by atoms with Gasteiger partial charge in [0.1, 0.15) is 0 Å². The molecule has 1 aliphatic heterocycles. The molecule has 0 unspecified atom stereocenters. The van der Waals surface area contributed by atoms with Gasteiger partial charge in [0.05, 0.1) is 10.6 Å². The highest BCUT2D eigenvalue weighted by atomic mass is 32.2. The summed E-state index contributed by atoms with van der Waals surface area (Å²) in [5, 5.41) is 10.4. The first-order valence-electron chi connectivity index (χ1n) is 9.22. The van der Waals surface area contributed by atoms with Gasteiger partial charge in [-0.25, -0.2) is 0 Å². The Bertz CT molecular complexity index is 1230. The minimum Gasteiger partial charge on any atom is -0.454 e. The number of thiophene rings is 1. The maximum absolute atomic E-state index is 12.9. The summed E-state index contributed by atoms with van der Waals surface area (Å²) in [5.41, 5.74) is 3.45. The number of aryl methyl sites for hydroxylation is 1. The molecule has 5 rings (SSSR count). The normalized spacial score (nSPS) is 12.5. The van der Waals surface area contributed by atoms with Crippen molar-refractivity contribution in [2.45, 2.75) is 19.1 Å². The zero-order chi connectivity index (χ0) is 20.7. The van der Waals surface area contributed by atoms with Crippen molar-refractivity contribution in [2.75, 3.05) is 12.5 Å². The highest BCUT2D eigenvalue weighted by Crippen LogP contribution is 2.35. The van der Waals surface area contributed by atoms with Gasteiger partial charge >= 0.3 is 0 Å². The minimum absolute atomic E-state index is 0.0102. The number of nitrogens with zero attached hydrogens (tertiary/aromatic N) is 3. The van der Waals surface area contributed by atoms with E-state index in [1.165, 1.54) is 23.1 Å². The molecule has 0 spiro atoms. The van der Waals surface area contributed by atoms with E-state index in [0.29, 0.717) is 22.4 Å². The Hall–Kier alpha value is -3.04. The van der Waals surface area contributed by atoms with Gasteiger partial charge in [-0.3, -0.25) is 4.79 Å². The fourth-order valence-corrected chi connectivity index (χ4v) is 4.73. The van der Waals surface area contributed by atoms with Crippen LogP contribution in [0.2, 0.25) is 0 Å². The molecule has 1 aliphatic rings. The monoisotopic (exact) mass is 439 g/mol. The summed E-state index contributed by atoms with van der Waals surface area (Å²) in [5.74, 6) is 2.14. The fraction of sp³-hybridized carbons (Fsp3) is 0.190. The quantitative estimate of drug-likeness (QED) is 0.312. The van der Waals surface area contributed by atoms with Crippen LogP contribution in [0, 0.1) is 13.8 Å². The smallest absolute Gasteiger partial charge is 0.277 e. The molecule has 0 amide bonds. The van der Waals surface area contributed by atoms with Gasteiger partial charge in [0, 0.05) is 28.7 Å². The Balaban J connectivity index is 1.33. The number of hydrogen-bond donors (Lipinski definition) is 0. The van der Waals surface area contributed by atoms with Gasteiger partial charge in [-0.1, -0.05) is 17.8 Å². The Labute approximate surface area is 180 Å². The molecule has 0 aliphatic carbocycles. The van der Waals surface area contributed by atoms with Crippen molar-refractivity contribution in [1.29, 1.82) is 0 Å². The van der Waals surface area contributed by atoms with Gasteiger partial charge in [-0.05, 0) is 43.5 Å². The molecule has 0 radical (unpaired) electrons. The second-order valence-electron chi connectivity index (χ2n) is 6.72. The average molecular weight is 440 g/mol. The number of carbonyl (C=O) groups excluding carboxylic acids is 1. The zero-order valence-electron chi connectivity index (χ0n) is 16.2. The maximum atomic E-state index is 12.9. The number of rotatable bonds is 6. The first-order chi connectivity index (χ1) is 14.6. The molecule has 152 valence electrons. The van der Waals surface area contributed by atoms with Gasteiger partial charge < -0.3 is 18.5 Å². The fourth-order valence-electron chi connectivity index (χ4n) is 3.44. The summed E-state index contributed by atoms with van der Waals surface area (Å²) in [4.78, 5) is 13.8. The van der Waals surface area contributed by atoms with E-state index in [2.05, 4.69) is 10.2 Å². The van der Waals surface area contributed by atoms with Gasteiger partial charge in [-0.15, -0.1) is 21.5 Å². The maximum Gasteiger partial charge on any atom is 0.277 e. The first-order valence-corrected chi connectivity index (χ1v) is 11.1. The van der Waals surface area contributed by atoms with E-state index in [-0.39, 0.29) is 18.3 Å². The summed E-state index contributed by atoms with van der Waals surface area (Å²) >= 11 is 2.78.